The summed E-state index contributed by atoms with van der Waals surface area (Å²) >= 11 is 0. The number of nitrogens with two attached hydrogens (primary N) is 1. The van der Waals surface area contributed by atoms with E-state index >= 15 is 0 Å². The molecule has 24 heavy (non-hydrogen) atoms. The predicted octanol–water partition coefficient (Wildman–Crippen LogP) is 1.88. The van der Waals surface area contributed by atoms with Crippen LogP contribution in [0.1, 0.15) is 22.7 Å². The summed E-state index contributed by atoms with van der Waals surface area (Å²) in [7, 11) is 1.61. The van der Waals surface area contributed by atoms with Crippen LogP contribution in [-0.2, 0) is 4.79 Å². The third-order valence-electron chi connectivity index (χ3n) is 3.59. The number of hydrogen-bond acceptors (Lipinski definition) is 4. The molecule has 0 aromatic heterocycles. The second kappa shape index (κ2) is 8.12. The number of imide groups is 1. The molecule has 0 aliphatic carbocycles. The molecule has 2 rings (SSSR count). The first kappa shape index (κ1) is 17.5. The minimum Gasteiger partial charge on any atom is -0.497 e. The van der Waals surface area contributed by atoms with Crippen LogP contribution in [0.25, 0.3) is 0 Å². The molecule has 0 aliphatic heterocycles. The Balaban J connectivity index is 2.21. The molecule has 3 amide bonds. The highest BCUT2D eigenvalue weighted by atomic mass is 16.5. The zero-order valence-corrected chi connectivity index (χ0v) is 13.7. The maximum Gasteiger partial charge on any atom is 0.318 e. The summed E-state index contributed by atoms with van der Waals surface area (Å²) in [4.78, 5) is 22.4. The molecule has 0 unspecified atom stereocenters. The number of rotatable bonds is 6. The van der Waals surface area contributed by atoms with E-state index in [0.29, 0.717) is 0 Å². The number of urea groups is 1. The molecular formula is C18H21N3O3. The van der Waals surface area contributed by atoms with E-state index in [0.717, 1.165) is 22.4 Å². The van der Waals surface area contributed by atoms with Crippen LogP contribution in [0.3, 0.4) is 0 Å². The lowest BCUT2D eigenvalue weighted by molar-refractivity contribution is -0.119. The number of carbonyl (C=O) groups is 2. The topological polar surface area (TPSA) is 93.4 Å². The van der Waals surface area contributed by atoms with E-state index < -0.39 is 11.9 Å². The summed E-state index contributed by atoms with van der Waals surface area (Å²) in [5.74, 6) is 0.279. The number of methoxy groups -OCH3 is 1. The molecule has 0 fully saturated rings. The Morgan fingerprint density at radius 1 is 1.04 bits per heavy atom. The molecule has 0 spiro atoms. The van der Waals surface area contributed by atoms with Gasteiger partial charge in [-0.3, -0.25) is 15.4 Å². The number of nitrogens with one attached hydrogen (secondary N) is 2. The van der Waals surface area contributed by atoms with Crippen LogP contribution in [0, 0.1) is 6.92 Å². The largest absolute Gasteiger partial charge is 0.497 e. The Morgan fingerprint density at radius 3 is 2.08 bits per heavy atom. The maximum absolute atomic E-state index is 11.7. The van der Waals surface area contributed by atoms with Crippen LogP contribution in [0.15, 0.2) is 48.5 Å². The van der Waals surface area contributed by atoms with E-state index in [1.807, 2.05) is 60.8 Å². The van der Waals surface area contributed by atoms with Crippen molar-refractivity contribution in [2.24, 2.45) is 5.73 Å². The van der Waals surface area contributed by atoms with Crippen molar-refractivity contribution in [3.63, 3.8) is 0 Å². The highest BCUT2D eigenvalue weighted by Crippen LogP contribution is 2.24. The molecule has 6 nitrogen and oxygen atoms in total. The normalized spacial score (nSPS) is 11.6. The highest BCUT2D eigenvalue weighted by Gasteiger charge is 2.15. The van der Waals surface area contributed by atoms with Crippen molar-refractivity contribution in [2.75, 3.05) is 13.7 Å². The van der Waals surface area contributed by atoms with Gasteiger partial charge in [0.2, 0.25) is 5.91 Å². The predicted molar refractivity (Wildman–Crippen MR) is 91.7 cm³/mol. The van der Waals surface area contributed by atoms with Gasteiger partial charge in [-0.2, -0.15) is 0 Å². The fourth-order valence-corrected chi connectivity index (χ4v) is 2.36. The molecule has 0 saturated heterocycles. The van der Waals surface area contributed by atoms with Crippen molar-refractivity contribution in [3.05, 3.63) is 65.2 Å². The summed E-state index contributed by atoms with van der Waals surface area (Å²) in [6, 6.07) is 14.6. The van der Waals surface area contributed by atoms with Crippen LogP contribution in [0.5, 0.6) is 5.75 Å². The van der Waals surface area contributed by atoms with Crippen LogP contribution in [-0.4, -0.2) is 25.6 Å². The first-order valence-corrected chi connectivity index (χ1v) is 7.53. The molecular weight excluding hydrogens is 306 g/mol. The molecule has 0 aliphatic rings. The minimum absolute atomic E-state index is 0.0342. The van der Waals surface area contributed by atoms with Crippen LogP contribution < -0.4 is 21.1 Å². The lowest BCUT2D eigenvalue weighted by Gasteiger charge is -2.20. The molecule has 1 atom stereocenters. The zero-order valence-electron chi connectivity index (χ0n) is 13.7. The van der Waals surface area contributed by atoms with E-state index in [1.54, 1.807) is 7.11 Å². The smallest absolute Gasteiger partial charge is 0.318 e. The van der Waals surface area contributed by atoms with Gasteiger partial charge in [0.05, 0.1) is 19.7 Å². The van der Waals surface area contributed by atoms with E-state index in [4.69, 9.17) is 10.5 Å². The van der Waals surface area contributed by atoms with Crippen molar-refractivity contribution < 1.29 is 14.3 Å². The lowest BCUT2D eigenvalue weighted by atomic mass is 9.97. The second-order valence-electron chi connectivity index (χ2n) is 5.41. The standard InChI is InChI=1S/C18H21N3O3/c1-12-3-5-13(6-4-12)17(20-11-16(22)21-18(19)23)14-7-9-15(24-2)10-8-14/h3-10,17,20H,11H2,1-2H3,(H3,19,21,22,23)/t17-/m0/s1. The molecule has 126 valence electrons. The Hall–Kier alpha value is -2.86. The number of benzene rings is 2. The number of ether oxygens (including phenoxy) is 1. The van der Waals surface area contributed by atoms with E-state index in [1.165, 1.54) is 0 Å². The van der Waals surface area contributed by atoms with Gasteiger partial charge in [0.25, 0.3) is 0 Å². The van der Waals surface area contributed by atoms with E-state index in [2.05, 4.69) is 5.32 Å². The lowest BCUT2D eigenvalue weighted by Crippen LogP contribution is -2.41. The van der Waals surface area contributed by atoms with Crippen molar-refractivity contribution in [1.29, 1.82) is 0 Å². The van der Waals surface area contributed by atoms with Crippen molar-refractivity contribution in [3.8, 4) is 5.75 Å². The maximum atomic E-state index is 11.7. The second-order valence-corrected chi connectivity index (χ2v) is 5.41. The Kier molecular flexibility index (Phi) is 5.92. The van der Waals surface area contributed by atoms with E-state index in [-0.39, 0.29) is 12.6 Å². The zero-order chi connectivity index (χ0) is 17.5. The number of carbonyl (C=O) groups excluding carboxylic acids is 2. The van der Waals surface area contributed by atoms with Gasteiger partial charge in [-0.15, -0.1) is 0 Å². The molecule has 0 saturated carbocycles. The SMILES string of the molecule is COc1ccc([C@@H](NCC(=O)NC(N)=O)c2ccc(C)cc2)cc1. The van der Waals surface area contributed by atoms with Crippen molar-refractivity contribution in [2.45, 2.75) is 13.0 Å². The molecule has 2 aromatic rings. The Labute approximate surface area is 141 Å². The number of aryl methyl sites for hydroxylation is 1. The van der Waals surface area contributed by atoms with Gasteiger partial charge in [0, 0.05) is 0 Å². The Bertz CT molecular complexity index is 696. The Morgan fingerprint density at radius 2 is 1.58 bits per heavy atom. The average Bonchev–Trinajstić information content (AvgIpc) is 2.56. The molecule has 4 N–H and O–H groups in total. The fraction of sp³-hybridized carbons (Fsp3) is 0.222. The first-order chi connectivity index (χ1) is 11.5. The fourth-order valence-electron chi connectivity index (χ4n) is 2.36. The monoisotopic (exact) mass is 327 g/mol. The number of amides is 3. The summed E-state index contributed by atoms with van der Waals surface area (Å²) < 4.78 is 5.18. The van der Waals surface area contributed by atoms with Gasteiger partial charge in [-0.1, -0.05) is 42.0 Å². The van der Waals surface area contributed by atoms with Crippen LogP contribution >= 0.6 is 0 Å². The van der Waals surface area contributed by atoms with Gasteiger partial charge in [0.15, 0.2) is 0 Å². The molecule has 6 heteroatoms. The highest BCUT2D eigenvalue weighted by molar-refractivity contribution is 5.94. The third-order valence-corrected chi connectivity index (χ3v) is 3.59. The molecule has 0 heterocycles. The molecule has 0 bridgehead atoms. The average molecular weight is 327 g/mol. The van der Waals surface area contributed by atoms with Crippen molar-refractivity contribution >= 4 is 11.9 Å². The van der Waals surface area contributed by atoms with Gasteiger partial charge >= 0.3 is 6.03 Å². The summed E-state index contributed by atoms with van der Waals surface area (Å²) in [5, 5.41) is 5.20. The molecule has 2 aromatic carbocycles. The van der Waals surface area contributed by atoms with Gasteiger partial charge in [-0.05, 0) is 30.2 Å². The van der Waals surface area contributed by atoms with Gasteiger partial charge in [-0.25, -0.2) is 4.79 Å². The number of hydrogen-bond donors (Lipinski definition) is 3. The number of primary amides is 1. The van der Waals surface area contributed by atoms with Crippen molar-refractivity contribution in [1.82, 2.24) is 10.6 Å². The quantitative estimate of drug-likeness (QED) is 0.755. The summed E-state index contributed by atoms with van der Waals surface area (Å²) in [6.07, 6.45) is 0. The molecule has 0 radical (unpaired) electrons. The van der Waals surface area contributed by atoms with Gasteiger partial charge < -0.3 is 10.5 Å². The summed E-state index contributed by atoms with van der Waals surface area (Å²) in [6.45, 7) is 1.98. The minimum atomic E-state index is -0.863. The van der Waals surface area contributed by atoms with E-state index in [9.17, 15) is 9.59 Å². The first-order valence-electron chi connectivity index (χ1n) is 7.53. The van der Waals surface area contributed by atoms with Gasteiger partial charge in [0.1, 0.15) is 5.75 Å². The summed E-state index contributed by atoms with van der Waals surface area (Å²) in [5.41, 5.74) is 8.10. The van der Waals surface area contributed by atoms with Crippen LogP contribution in [0.4, 0.5) is 4.79 Å². The third kappa shape index (κ3) is 4.82. The van der Waals surface area contributed by atoms with Crippen LogP contribution in [0.2, 0.25) is 0 Å².